The maximum absolute atomic E-state index is 13.3. The van der Waals surface area contributed by atoms with Crippen LogP contribution in [-0.4, -0.2) is 33.0 Å². The lowest BCUT2D eigenvalue weighted by Gasteiger charge is -2.21. The maximum Gasteiger partial charge on any atom is 0.291 e. The number of anilines is 1. The first-order chi connectivity index (χ1) is 16.1. The van der Waals surface area contributed by atoms with Crippen LogP contribution in [0.5, 0.6) is 0 Å². The van der Waals surface area contributed by atoms with E-state index in [4.69, 9.17) is 20.4 Å². The first-order valence-corrected chi connectivity index (χ1v) is 10.8. The number of amides is 2. The molecule has 0 bridgehead atoms. The normalized spacial score (nSPS) is 13.0. The predicted molar refractivity (Wildman–Crippen MR) is 121 cm³/mol. The van der Waals surface area contributed by atoms with Crippen LogP contribution < -0.4 is 5.32 Å². The fourth-order valence-electron chi connectivity index (χ4n) is 3.42. The van der Waals surface area contributed by atoms with Crippen molar-refractivity contribution in [3.8, 4) is 11.5 Å². The van der Waals surface area contributed by atoms with E-state index in [0.717, 1.165) is 18.4 Å². The molecule has 1 aliphatic rings. The van der Waals surface area contributed by atoms with Crippen molar-refractivity contribution in [3.05, 3.63) is 89.2 Å². The molecule has 5 rings (SSSR count). The highest BCUT2D eigenvalue weighted by molar-refractivity contribution is 6.30. The minimum absolute atomic E-state index is 0.116. The molecule has 9 heteroatoms. The van der Waals surface area contributed by atoms with Gasteiger partial charge in [0, 0.05) is 27.9 Å². The second-order valence-corrected chi connectivity index (χ2v) is 8.12. The summed E-state index contributed by atoms with van der Waals surface area (Å²) >= 11 is 5.93. The van der Waals surface area contributed by atoms with Gasteiger partial charge >= 0.3 is 0 Å². The maximum atomic E-state index is 13.3. The van der Waals surface area contributed by atoms with Crippen molar-refractivity contribution in [2.24, 2.45) is 0 Å². The fourth-order valence-corrected chi connectivity index (χ4v) is 3.55. The molecular weight excluding hydrogens is 444 g/mol. The van der Waals surface area contributed by atoms with E-state index in [1.807, 2.05) is 0 Å². The molecule has 0 saturated heterocycles. The molecule has 1 N–H and O–H groups in total. The minimum Gasteiger partial charge on any atom is -0.459 e. The second kappa shape index (κ2) is 8.91. The Morgan fingerprint density at radius 2 is 1.88 bits per heavy atom. The number of furan rings is 1. The van der Waals surface area contributed by atoms with Crippen molar-refractivity contribution >= 4 is 29.1 Å². The minimum atomic E-state index is -0.385. The molecule has 2 heterocycles. The van der Waals surface area contributed by atoms with Crippen LogP contribution >= 0.6 is 11.6 Å². The Labute approximate surface area is 194 Å². The number of carbonyl (C=O) groups excluding carboxylic acids is 2. The van der Waals surface area contributed by atoms with Crippen molar-refractivity contribution < 1.29 is 18.4 Å². The number of rotatable bonds is 7. The number of hydrogen-bond acceptors (Lipinski definition) is 6. The first kappa shape index (κ1) is 21.0. The predicted octanol–water partition coefficient (Wildman–Crippen LogP) is 5.04. The summed E-state index contributed by atoms with van der Waals surface area (Å²) in [6, 6.07) is 17.2. The number of benzene rings is 2. The number of hydrogen-bond donors (Lipinski definition) is 1. The average molecular weight is 463 g/mol. The van der Waals surface area contributed by atoms with Crippen LogP contribution in [0.25, 0.3) is 11.5 Å². The summed E-state index contributed by atoms with van der Waals surface area (Å²) in [7, 11) is 0. The number of carbonyl (C=O) groups is 2. The number of nitrogens with zero attached hydrogens (tertiary/aromatic N) is 3. The number of aromatic nitrogens is 2. The summed E-state index contributed by atoms with van der Waals surface area (Å²) in [5.74, 6) is 0.358. The average Bonchev–Trinajstić information content (AvgIpc) is 3.31. The van der Waals surface area contributed by atoms with Gasteiger partial charge < -0.3 is 19.1 Å². The van der Waals surface area contributed by atoms with Gasteiger partial charge in [0.1, 0.15) is 0 Å². The Hall–Kier alpha value is -3.91. The van der Waals surface area contributed by atoms with Gasteiger partial charge in [0.2, 0.25) is 11.8 Å². The zero-order chi connectivity index (χ0) is 22.8. The zero-order valence-electron chi connectivity index (χ0n) is 17.4. The Morgan fingerprint density at radius 3 is 2.61 bits per heavy atom. The Kier molecular flexibility index (Phi) is 5.66. The second-order valence-electron chi connectivity index (χ2n) is 7.68. The van der Waals surface area contributed by atoms with E-state index in [0.29, 0.717) is 28.1 Å². The van der Waals surface area contributed by atoms with Crippen LogP contribution in [0, 0.1) is 0 Å². The van der Waals surface area contributed by atoms with Crippen LogP contribution in [0.4, 0.5) is 5.69 Å². The highest BCUT2D eigenvalue weighted by Crippen LogP contribution is 2.31. The van der Waals surface area contributed by atoms with E-state index in [9.17, 15) is 9.59 Å². The highest BCUT2D eigenvalue weighted by atomic mass is 35.5. The molecule has 0 spiro atoms. The first-order valence-electron chi connectivity index (χ1n) is 10.4. The third kappa shape index (κ3) is 4.80. The van der Waals surface area contributed by atoms with Crippen LogP contribution in [0.2, 0.25) is 5.02 Å². The molecule has 0 radical (unpaired) electrons. The van der Waals surface area contributed by atoms with Gasteiger partial charge in [0.05, 0.1) is 12.8 Å². The molecule has 166 valence electrons. The largest absolute Gasteiger partial charge is 0.459 e. The van der Waals surface area contributed by atoms with E-state index in [-0.39, 0.29) is 30.2 Å². The van der Waals surface area contributed by atoms with E-state index in [1.165, 1.54) is 6.26 Å². The molecular formula is C24H19ClN4O4. The molecule has 0 atom stereocenters. The highest BCUT2D eigenvalue weighted by Gasteiger charge is 2.34. The standard InChI is InChI=1S/C24H19ClN4O4/c25-17-8-6-15(7-9-17)23-28-27-21(33-23)14-29(19-10-11-19)24(31)16-3-1-4-18(13-16)26-22(30)20-5-2-12-32-20/h1-9,12-13,19H,10-11,14H2,(H,26,30). The zero-order valence-corrected chi connectivity index (χ0v) is 18.2. The van der Waals surface area contributed by atoms with Gasteiger partial charge in [-0.2, -0.15) is 0 Å². The fraction of sp³-hybridized carbons (Fsp3) is 0.167. The van der Waals surface area contributed by atoms with E-state index >= 15 is 0 Å². The molecule has 1 aliphatic carbocycles. The lowest BCUT2D eigenvalue weighted by atomic mass is 10.1. The van der Waals surface area contributed by atoms with Gasteiger partial charge in [0.15, 0.2) is 5.76 Å². The smallest absolute Gasteiger partial charge is 0.291 e. The van der Waals surface area contributed by atoms with Gasteiger partial charge in [-0.15, -0.1) is 10.2 Å². The van der Waals surface area contributed by atoms with Crippen LogP contribution in [0.1, 0.15) is 39.6 Å². The van der Waals surface area contributed by atoms with E-state index in [1.54, 1.807) is 65.6 Å². The summed E-state index contributed by atoms with van der Waals surface area (Å²) < 4.78 is 10.9. The lowest BCUT2D eigenvalue weighted by molar-refractivity contribution is 0.0714. The summed E-state index contributed by atoms with van der Waals surface area (Å²) in [5.41, 5.74) is 1.71. The van der Waals surface area contributed by atoms with Crippen LogP contribution in [0.15, 0.2) is 75.8 Å². The quantitative estimate of drug-likeness (QED) is 0.413. The van der Waals surface area contributed by atoms with Crippen molar-refractivity contribution in [1.29, 1.82) is 0 Å². The van der Waals surface area contributed by atoms with Crippen molar-refractivity contribution in [3.63, 3.8) is 0 Å². The molecule has 0 unspecified atom stereocenters. The molecule has 2 aromatic carbocycles. The van der Waals surface area contributed by atoms with Crippen molar-refractivity contribution in [2.75, 3.05) is 5.32 Å². The third-order valence-electron chi connectivity index (χ3n) is 5.22. The molecule has 1 fully saturated rings. The lowest BCUT2D eigenvalue weighted by Crippen LogP contribution is -2.32. The van der Waals surface area contributed by atoms with Crippen LogP contribution in [-0.2, 0) is 6.54 Å². The molecule has 1 saturated carbocycles. The van der Waals surface area contributed by atoms with Gasteiger partial charge in [-0.3, -0.25) is 9.59 Å². The van der Waals surface area contributed by atoms with E-state index < -0.39 is 0 Å². The number of nitrogens with one attached hydrogen (secondary N) is 1. The SMILES string of the molecule is O=C(Nc1cccc(C(=O)N(Cc2nnc(-c3ccc(Cl)cc3)o2)C2CC2)c1)c1ccco1. The summed E-state index contributed by atoms with van der Waals surface area (Å²) in [6.45, 7) is 0.201. The molecule has 0 aliphatic heterocycles. The van der Waals surface area contributed by atoms with Gasteiger partial charge in [0.25, 0.3) is 11.8 Å². The van der Waals surface area contributed by atoms with Gasteiger partial charge in [-0.25, -0.2) is 0 Å². The molecule has 4 aromatic rings. The molecule has 2 amide bonds. The molecule has 8 nitrogen and oxygen atoms in total. The summed E-state index contributed by atoms with van der Waals surface area (Å²) in [5, 5.41) is 11.6. The van der Waals surface area contributed by atoms with Gasteiger partial charge in [-0.05, 0) is 67.4 Å². The van der Waals surface area contributed by atoms with Crippen LogP contribution in [0.3, 0.4) is 0 Å². The Morgan fingerprint density at radius 1 is 1.06 bits per heavy atom. The van der Waals surface area contributed by atoms with Crippen molar-refractivity contribution in [1.82, 2.24) is 15.1 Å². The van der Waals surface area contributed by atoms with Crippen molar-refractivity contribution in [2.45, 2.75) is 25.4 Å². The monoisotopic (exact) mass is 462 g/mol. The molecule has 33 heavy (non-hydrogen) atoms. The Balaban J connectivity index is 1.31. The van der Waals surface area contributed by atoms with E-state index in [2.05, 4.69) is 15.5 Å². The summed E-state index contributed by atoms with van der Waals surface area (Å²) in [4.78, 5) is 27.3. The third-order valence-corrected chi connectivity index (χ3v) is 5.48. The number of halogens is 1. The summed E-state index contributed by atoms with van der Waals surface area (Å²) in [6.07, 6.45) is 3.26. The Bertz CT molecular complexity index is 1280. The molecule has 2 aromatic heterocycles. The van der Waals surface area contributed by atoms with Gasteiger partial charge in [-0.1, -0.05) is 17.7 Å². The topological polar surface area (TPSA) is 101 Å².